The van der Waals surface area contributed by atoms with Gasteiger partial charge < -0.3 is 5.32 Å². The first-order valence-electron chi connectivity index (χ1n) is 5.65. The molecule has 1 amide bonds. The van der Waals surface area contributed by atoms with E-state index in [-0.39, 0.29) is 11.7 Å². The SMILES string of the molecule is Cc1cc(C(=O)NCc2sccc2C)ccc1F. The second-order valence-corrected chi connectivity index (χ2v) is 5.17. The molecule has 0 saturated carbocycles. The topological polar surface area (TPSA) is 29.1 Å². The van der Waals surface area contributed by atoms with Gasteiger partial charge in [-0.2, -0.15) is 0 Å². The van der Waals surface area contributed by atoms with Crippen LogP contribution in [0.2, 0.25) is 0 Å². The monoisotopic (exact) mass is 263 g/mol. The number of benzene rings is 1. The third-order valence-electron chi connectivity index (χ3n) is 2.80. The summed E-state index contributed by atoms with van der Waals surface area (Å²) >= 11 is 1.62. The minimum Gasteiger partial charge on any atom is -0.347 e. The van der Waals surface area contributed by atoms with Gasteiger partial charge in [0.2, 0.25) is 0 Å². The average molecular weight is 263 g/mol. The maximum atomic E-state index is 13.1. The first-order valence-corrected chi connectivity index (χ1v) is 6.53. The third kappa shape index (κ3) is 2.76. The number of carbonyl (C=O) groups is 1. The lowest BCUT2D eigenvalue weighted by molar-refractivity contribution is 0.0951. The molecule has 2 aromatic rings. The van der Waals surface area contributed by atoms with Crippen molar-refractivity contribution in [3.05, 3.63) is 57.0 Å². The highest BCUT2D eigenvalue weighted by Crippen LogP contribution is 2.15. The van der Waals surface area contributed by atoms with E-state index in [1.54, 1.807) is 24.3 Å². The molecular weight excluding hydrogens is 249 g/mol. The first-order chi connectivity index (χ1) is 8.58. The molecule has 0 saturated heterocycles. The Morgan fingerprint density at radius 1 is 1.28 bits per heavy atom. The molecule has 0 aliphatic carbocycles. The van der Waals surface area contributed by atoms with Crippen LogP contribution in [0.3, 0.4) is 0 Å². The molecule has 1 aromatic carbocycles. The summed E-state index contributed by atoms with van der Waals surface area (Å²) in [5, 5.41) is 4.84. The lowest BCUT2D eigenvalue weighted by Gasteiger charge is -2.06. The molecule has 2 rings (SSSR count). The van der Waals surface area contributed by atoms with Crippen LogP contribution in [0.25, 0.3) is 0 Å². The molecule has 18 heavy (non-hydrogen) atoms. The summed E-state index contributed by atoms with van der Waals surface area (Å²) in [5.41, 5.74) is 2.15. The summed E-state index contributed by atoms with van der Waals surface area (Å²) in [7, 11) is 0. The maximum Gasteiger partial charge on any atom is 0.251 e. The Bertz CT molecular complexity index is 577. The zero-order chi connectivity index (χ0) is 13.1. The number of halogens is 1. The Hall–Kier alpha value is -1.68. The minimum atomic E-state index is -0.291. The molecule has 2 nitrogen and oxygen atoms in total. The van der Waals surface area contributed by atoms with Gasteiger partial charge in [-0.25, -0.2) is 4.39 Å². The number of carbonyl (C=O) groups excluding carboxylic acids is 1. The van der Waals surface area contributed by atoms with Crippen molar-refractivity contribution >= 4 is 17.2 Å². The van der Waals surface area contributed by atoms with Gasteiger partial charge in [0.1, 0.15) is 5.82 Å². The molecule has 0 atom stereocenters. The summed E-state index contributed by atoms with van der Waals surface area (Å²) < 4.78 is 13.1. The van der Waals surface area contributed by atoms with Gasteiger partial charge in [0, 0.05) is 10.4 Å². The number of thiophene rings is 1. The number of aryl methyl sites for hydroxylation is 2. The van der Waals surface area contributed by atoms with Crippen molar-refractivity contribution in [1.29, 1.82) is 0 Å². The van der Waals surface area contributed by atoms with Crippen LogP contribution in [0.4, 0.5) is 4.39 Å². The van der Waals surface area contributed by atoms with Crippen LogP contribution in [0.1, 0.15) is 26.4 Å². The molecule has 1 heterocycles. The summed E-state index contributed by atoms with van der Waals surface area (Å²) in [6, 6.07) is 6.40. The highest BCUT2D eigenvalue weighted by atomic mass is 32.1. The van der Waals surface area contributed by atoms with Crippen molar-refractivity contribution in [3.8, 4) is 0 Å². The fourth-order valence-corrected chi connectivity index (χ4v) is 2.48. The molecule has 0 radical (unpaired) electrons. The number of rotatable bonds is 3. The summed E-state index contributed by atoms with van der Waals surface area (Å²) in [4.78, 5) is 13.0. The van der Waals surface area contributed by atoms with E-state index in [2.05, 4.69) is 5.32 Å². The molecule has 94 valence electrons. The Kier molecular flexibility index (Phi) is 3.77. The second kappa shape index (κ2) is 5.31. The van der Waals surface area contributed by atoms with E-state index in [0.29, 0.717) is 17.7 Å². The van der Waals surface area contributed by atoms with Crippen LogP contribution >= 0.6 is 11.3 Å². The fourth-order valence-electron chi connectivity index (χ4n) is 1.63. The van der Waals surface area contributed by atoms with Crippen molar-refractivity contribution in [1.82, 2.24) is 5.32 Å². The van der Waals surface area contributed by atoms with Gasteiger partial charge in [0.25, 0.3) is 5.91 Å². The molecule has 0 bridgehead atoms. The predicted octanol–water partition coefficient (Wildman–Crippen LogP) is 3.43. The normalized spacial score (nSPS) is 10.4. The molecule has 0 spiro atoms. The highest BCUT2D eigenvalue weighted by Gasteiger charge is 2.08. The molecule has 0 fully saturated rings. The zero-order valence-corrected chi connectivity index (χ0v) is 11.1. The standard InChI is InChI=1S/C14H14FNOS/c1-9-5-6-18-13(9)8-16-14(17)11-3-4-12(15)10(2)7-11/h3-7H,8H2,1-2H3,(H,16,17). The van der Waals surface area contributed by atoms with Crippen molar-refractivity contribution < 1.29 is 9.18 Å². The van der Waals surface area contributed by atoms with Crippen LogP contribution in [-0.4, -0.2) is 5.91 Å². The Morgan fingerprint density at radius 2 is 2.06 bits per heavy atom. The molecule has 0 aliphatic rings. The van der Waals surface area contributed by atoms with Crippen molar-refractivity contribution in [2.24, 2.45) is 0 Å². The lowest BCUT2D eigenvalue weighted by atomic mass is 10.1. The Morgan fingerprint density at radius 3 is 2.67 bits per heavy atom. The van der Waals surface area contributed by atoms with E-state index in [9.17, 15) is 9.18 Å². The van der Waals surface area contributed by atoms with Crippen LogP contribution in [-0.2, 0) is 6.54 Å². The largest absolute Gasteiger partial charge is 0.347 e. The van der Waals surface area contributed by atoms with Crippen LogP contribution in [0.5, 0.6) is 0 Å². The molecule has 0 aliphatic heterocycles. The number of hydrogen-bond acceptors (Lipinski definition) is 2. The van der Waals surface area contributed by atoms with Crippen LogP contribution in [0, 0.1) is 19.7 Å². The fraction of sp³-hybridized carbons (Fsp3) is 0.214. The molecule has 1 aromatic heterocycles. The highest BCUT2D eigenvalue weighted by molar-refractivity contribution is 7.10. The van der Waals surface area contributed by atoms with E-state index in [0.717, 1.165) is 4.88 Å². The lowest BCUT2D eigenvalue weighted by Crippen LogP contribution is -2.22. The molecule has 4 heteroatoms. The van der Waals surface area contributed by atoms with Gasteiger partial charge in [-0.05, 0) is 54.6 Å². The Labute approximate surface area is 109 Å². The van der Waals surface area contributed by atoms with Gasteiger partial charge in [-0.3, -0.25) is 4.79 Å². The summed E-state index contributed by atoms with van der Waals surface area (Å²) in [5.74, 6) is -0.466. The molecule has 1 N–H and O–H groups in total. The van der Waals surface area contributed by atoms with E-state index < -0.39 is 0 Å². The first kappa shape index (κ1) is 12.8. The van der Waals surface area contributed by atoms with Crippen molar-refractivity contribution in [2.45, 2.75) is 20.4 Å². The third-order valence-corrected chi connectivity index (χ3v) is 3.82. The quantitative estimate of drug-likeness (QED) is 0.903. The zero-order valence-electron chi connectivity index (χ0n) is 10.3. The summed E-state index contributed by atoms with van der Waals surface area (Å²) in [6.07, 6.45) is 0. The van der Waals surface area contributed by atoms with Gasteiger partial charge in [-0.15, -0.1) is 11.3 Å². The van der Waals surface area contributed by atoms with E-state index >= 15 is 0 Å². The van der Waals surface area contributed by atoms with Crippen LogP contribution < -0.4 is 5.32 Å². The summed E-state index contributed by atoms with van der Waals surface area (Å²) in [6.45, 7) is 4.17. The van der Waals surface area contributed by atoms with Gasteiger partial charge in [0.15, 0.2) is 0 Å². The van der Waals surface area contributed by atoms with E-state index in [1.165, 1.54) is 17.7 Å². The smallest absolute Gasteiger partial charge is 0.251 e. The van der Waals surface area contributed by atoms with E-state index in [1.807, 2.05) is 18.4 Å². The number of hydrogen-bond donors (Lipinski definition) is 1. The number of nitrogens with one attached hydrogen (secondary N) is 1. The van der Waals surface area contributed by atoms with Gasteiger partial charge in [-0.1, -0.05) is 0 Å². The molecule has 0 unspecified atom stereocenters. The van der Waals surface area contributed by atoms with Crippen molar-refractivity contribution in [3.63, 3.8) is 0 Å². The molecular formula is C14H14FNOS. The predicted molar refractivity (Wildman–Crippen MR) is 71.4 cm³/mol. The number of amides is 1. The average Bonchev–Trinajstić information content (AvgIpc) is 2.75. The van der Waals surface area contributed by atoms with Crippen LogP contribution in [0.15, 0.2) is 29.6 Å². The minimum absolute atomic E-state index is 0.175. The van der Waals surface area contributed by atoms with E-state index in [4.69, 9.17) is 0 Å². The Balaban J connectivity index is 2.04. The second-order valence-electron chi connectivity index (χ2n) is 4.17. The maximum absolute atomic E-state index is 13.1. The van der Waals surface area contributed by atoms with Gasteiger partial charge in [0.05, 0.1) is 6.54 Å². The van der Waals surface area contributed by atoms with Gasteiger partial charge >= 0.3 is 0 Å². The van der Waals surface area contributed by atoms with Crippen molar-refractivity contribution in [2.75, 3.05) is 0 Å².